The number of fused-ring (bicyclic) bond motifs is 1. The topological polar surface area (TPSA) is 52.7 Å². The Balaban J connectivity index is 2.94. The lowest BCUT2D eigenvalue weighted by molar-refractivity contribution is -0.643. The molecule has 0 N–H and O–H groups in total. The normalized spacial score (nSPS) is 10.6. The molecule has 6 heteroatoms. The van der Waals surface area contributed by atoms with Crippen LogP contribution in [-0.4, -0.2) is 10.1 Å². The second kappa shape index (κ2) is 2.88. The van der Waals surface area contributed by atoms with Gasteiger partial charge in [-0.05, 0) is 10.9 Å². The SMILES string of the molecule is [O-][n+]1ncnc2c(F)cc(Br)cc21. The fraction of sp³-hybridized carbons (Fsp3) is 0. The van der Waals surface area contributed by atoms with Crippen molar-refractivity contribution in [3.05, 3.63) is 34.0 Å². The van der Waals surface area contributed by atoms with Crippen molar-refractivity contribution in [2.24, 2.45) is 0 Å². The van der Waals surface area contributed by atoms with E-state index in [2.05, 4.69) is 26.0 Å². The standard InChI is InChI=1S/C7H3BrFN3O/c8-4-1-5(9)7-6(2-4)12(13)11-3-10-7/h1-3H. The number of rotatable bonds is 0. The fourth-order valence-electron chi connectivity index (χ4n) is 1.02. The van der Waals surface area contributed by atoms with Gasteiger partial charge in [0.1, 0.15) is 0 Å². The molecule has 0 bridgehead atoms. The first-order valence-electron chi connectivity index (χ1n) is 3.38. The van der Waals surface area contributed by atoms with Crippen molar-refractivity contribution in [1.82, 2.24) is 10.1 Å². The summed E-state index contributed by atoms with van der Waals surface area (Å²) >= 11 is 3.07. The van der Waals surface area contributed by atoms with E-state index in [4.69, 9.17) is 0 Å². The largest absolute Gasteiger partial charge is 0.594 e. The number of benzene rings is 1. The van der Waals surface area contributed by atoms with Crippen molar-refractivity contribution in [2.45, 2.75) is 0 Å². The molecule has 66 valence electrons. The third-order valence-corrected chi connectivity index (χ3v) is 2.02. The monoisotopic (exact) mass is 243 g/mol. The van der Waals surface area contributed by atoms with Crippen LogP contribution >= 0.6 is 15.9 Å². The zero-order chi connectivity index (χ0) is 9.42. The summed E-state index contributed by atoms with van der Waals surface area (Å²) < 4.78 is 13.6. The highest BCUT2D eigenvalue weighted by molar-refractivity contribution is 9.10. The molecule has 2 aromatic rings. The van der Waals surface area contributed by atoms with Gasteiger partial charge in [-0.15, -0.1) is 0 Å². The van der Waals surface area contributed by atoms with Crippen molar-refractivity contribution >= 4 is 27.0 Å². The molecule has 0 saturated heterocycles. The van der Waals surface area contributed by atoms with Gasteiger partial charge in [-0.3, -0.25) is 0 Å². The molecular weight excluding hydrogens is 241 g/mol. The van der Waals surface area contributed by atoms with Gasteiger partial charge in [0.05, 0.1) is 0 Å². The zero-order valence-electron chi connectivity index (χ0n) is 6.24. The molecule has 1 aromatic heterocycles. The van der Waals surface area contributed by atoms with Crippen LogP contribution in [0.1, 0.15) is 0 Å². The third kappa shape index (κ3) is 1.33. The fourth-order valence-corrected chi connectivity index (χ4v) is 1.44. The first-order chi connectivity index (χ1) is 6.18. The van der Waals surface area contributed by atoms with Crippen LogP contribution in [-0.2, 0) is 0 Å². The molecule has 0 fully saturated rings. The van der Waals surface area contributed by atoms with E-state index in [1.165, 1.54) is 12.1 Å². The van der Waals surface area contributed by atoms with Crippen LogP contribution in [0.5, 0.6) is 0 Å². The van der Waals surface area contributed by atoms with Gasteiger partial charge in [-0.25, -0.2) is 9.37 Å². The van der Waals surface area contributed by atoms with E-state index in [1.807, 2.05) is 0 Å². The van der Waals surface area contributed by atoms with Crippen LogP contribution in [0.2, 0.25) is 0 Å². The van der Waals surface area contributed by atoms with Crippen LogP contribution in [0.15, 0.2) is 22.9 Å². The number of hydrogen-bond donors (Lipinski definition) is 0. The van der Waals surface area contributed by atoms with E-state index in [0.29, 0.717) is 9.32 Å². The van der Waals surface area contributed by atoms with Gasteiger partial charge in [0.15, 0.2) is 17.7 Å². The summed E-state index contributed by atoms with van der Waals surface area (Å²) in [5.41, 5.74) is 0.127. The van der Waals surface area contributed by atoms with Gasteiger partial charge in [-0.1, -0.05) is 15.9 Å². The molecule has 1 heterocycles. The van der Waals surface area contributed by atoms with Gasteiger partial charge in [0, 0.05) is 15.6 Å². The Morgan fingerprint density at radius 2 is 2.23 bits per heavy atom. The van der Waals surface area contributed by atoms with E-state index in [1.54, 1.807) is 0 Å². The predicted octanol–water partition coefficient (Wildman–Crippen LogP) is 1.16. The molecule has 0 aliphatic heterocycles. The summed E-state index contributed by atoms with van der Waals surface area (Å²) in [6.07, 6.45) is 1.02. The second-order valence-corrected chi connectivity index (χ2v) is 3.30. The summed E-state index contributed by atoms with van der Waals surface area (Å²) in [5, 5.41) is 14.4. The lowest BCUT2D eigenvalue weighted by Gasteiger charge is -1.98. The minimum atomic E-state index is -0.545. The highest BCUT2D eigenvalue weighted by Gasteiger charge is 2.11. The number of aromatic nitrogens is 3. The van der Waals surface area contributed by atoms with Gasteiger partial charge < -0.3 is 5.21 Å². The first kappa shape index (κ1) is 8.31. The highest BCUT2D eigenvalue weighted by atomic mass is 79.9. The summed E-state index contributed by atoms with van der Waals surface area (Å²) in [6, 6.07) is 2.71. The quantitative estimate of drug-likeness (QED) is 0.516. The zero-order valence-corrected chi connectivity index (χ0v) is 7.82. The molecule has 0 atom stereocenters. The summed E-state index contributed by atoms with van der Waals surface area (Å²) in [6.45, 7) is 0. The smallest absolute Gasteiger partial charge is 0.274 e. The average Bonchev–Trinajstić information content (AvgIpc) is 2.07. The second-order valence-electron chi connectivity index (χ2n) is 2.39. The van der Waals surface area contributed by atoms with E-state index in [-0.39, 0.29) is 11.0 Å². The van der Waals surface area contributed by atoms with E-state index in [9.17, 15) is 9.60 Å². The lowest BCUT2D eigenvalue weighted by Crippen LogP contribution is -2.32. The van der Waals surface area contributed by atoms with Crippen molar-refractivity contribution in [3.63, 3.8) is 0 Å². The Kier molecular flexibility index (Phi) is 1.84. The molecule has 0 amide bonds. The maximum atomic E-state index is 13.2. The molecule has 0 unspecified atom stereocenters. The van der Waals surface area contributed by atoms with Gasteiger partial charge in [0.2, 0.25) is 0 Å². The van der Waals surface area contributed by atoms with E-state index >= 15 is 0 Å². The van der Waals surface area contributed by atoms with Crippen molar-refractivity contribution in [3.8, 4) is 0 Å². The Morgan fingerprint density at radius 3 is 3.00 bits per heavy atom. The van der Waals surface area contributed by atoms with E-state index in [0.717, 1.165) is 6.33 Å². The number of halogens is 2. The Bertz CT molecular complexity index is 476. The minimum Gasteiger partial charge on any atom is -0.594 e. The minimum absolute atomic E-state index is 0.0215. The molecule has 2 rings (SSSR count). The van der Waals surface area contributed by atoms with Crippen molar-refractivity contribution < 1.29 is 9.24 Å². The Hall–Kier alpha value is -1.30. The van der Waals surface area contributed by atoms with Crippen LogP contribution < -0.4 is 4.85 Å². The molecular formula is C7H3BrFN3O. The van der Waals surface area contributed by atoms with Crippen molar-refractivity contribution in [2.75, 3.05) is 0 Å². The number of hydrogen-bond acceptors (Lipinski definition) is 3. The molecule has 0 radical (unpaired) electrons. The number of nitrogens with zero attached hydrogens (tertiary/aromatic N) is 3. The van der Waals surface area contributed by atoms with Crippen LogP contribution in [0.25, 0.3) is 11.0 Å². The Labute approximate surface area is 80.7 Å². The first-order valence-corrected chi connectivity index (χ1v) is 4.17. The molecule has 0 saturated carbocycles. The summed E-state index contributed by atoms with van der Waals surface area (Å²) in [5.74, 6) is -0.545. The summed E-state index contributed by atoms with van der Waals surface area (Å²) in [4.78, 5) is 3.98. The molecule has 1 aromatic carbocycles. The maximum absolute atomic E-state index is 13.2. The molecule has 0 spiro atoms. The van der Waals surface area contributed by atoms with Crippen molar-refractivity contribution in [1.29, 1.82) is 0 Å². The molecule has 13 heavy (non-hydrogen) atoms. The van der Waals surface area contributed by atoms with Gasteiger partial charge >= 0.3 is 0 Å². The van der Waals surface area contributed by atoms with Crippen LogP contribution in [0.3, 0.4) is 0 Å². The Morgan fingerprint density at radius 1 is 1.46 bits per heavy atom. The average molecular weight is 244 g/mol. The molecule has 0 aliphatic carbocycles. The third-order valence-electron chi connectivity index (χ3n) is 1.56. The van der Waals surface area contributed by atoms with Gasteiger partial charge in [-0.2, -0.15) is 0 Å². The summed E-state index contributed by atoms with van der Waals surface area (Å²) in [7, 11) is 0. The van der Waals surface area contributed by atoms with Crippen LogP contribution in [0.4, 0.5) is 4.39 Å². The van der Waals surface area contributed by atoms with E-state index < -0.39 is 5.82 Å². The van der Waals surface area contributed by atoms with Crippen LogP contribution in [0, 0.1) is 11.0 Å². The lowest BCUT2D eigenvalue weighted by atomic mass is 10.3. The van der Waals surface area contributed by atoms with Gasteiger partial charge in [0.25, 0.3) is 5.52 Å². The molecule has 4 nitrogen and oxygen atoms in total. The predicted molar refractivity (Wildman–Crippen MR) is 46.2 cm³/mol. The highest BCUT2D eigenvalue weighted by Crippen LogP contribution is 2.18. The maximum Gasteiger partial charge on any atom is 0.274 e. The molecule has 0 aliphatic rings.